The average molecular weight is 667 g/mol. The molecule has 0 aromatic rings. The molecule has 8 N–H and O–H groups in total. The third-order valence-corrected chi connectivity index (χ3v) is 15.1. The smallest absolute Gasteiger partial charge is 0.315 e. The molecule has 1 heterocycles. The van der Waals surface area contributed by atoms with E-state index < -0.39 is 94.6 Å². The zero-order valence-corrected chi connectivity index (χ0v) is 28.8. The van der Waals surface area contributed by atoms with Crippen molar-refractivity contribution in [2.75, 3.05) is 13.2 Å². The predicted octanol–water partition coefficient (Wildman–Crippen LogP) is 1.41. The number of carbonyl (C=O) groups excluding carboxylic acids is 1. The van der Waals surface area contributed by atoms with Gasteiger partial charge in [-0.2, -0.15) is 0 Å². The van der Waals surface area contributed by atoms with Gasteiger partial charge in [0.2, 0.25) is 6.29 Å². The number of fused-ring (bicyclic) bond motifs is 7. The molecule has 16 atom stereocenters. The Morgan fingerprint density at radius 2 is 1.51 bits per heavy atom. The summed E-state index contributed by atoms with van der Waals surface area (Å²) in [6, 6.07) is 0. The molecule has 4 saturated carbocycles. The first-order valence-corrected chi connectivity index (χ1v) is 17.6. The minimum Gasteiger partial charge on any atom is -0.432 e. The molecular formula is C36H58O11. The normalized spacial score (nSPS) is 55.4. The molecule has 6 aliphatic rings. The van der Waals surface area contributed by atoms with Crippen molar-refractivity contribution in [3.05, 3.63) is 11.6 Å². The van der Waals surface area contributed by atoms with Crippen LogP contribution < -0.4 is 0 Å². The summed E-state index contributed by atoms with van der Waals surface area (Å²) in [5.41, 5.74) is -2.27. The van der Waals surface area contributed by atoms with Gasteiger partial charge < -0.3 is 50.3 Å². The van der Waals surface area contributed by atoms with Crippen LogP contribution in [-0.2, 0) is 14.3 Å². The van der Waals surface area contributed by atoms with E-state index in [1.807, 2.05) is 0 Å². The Balaban J connectivity index is 1.38. The molecule has 0 amide bonds. The summed E-state index contributed by atoms with van der Waals surface area (Å²) < 4.78 is 11.5. The second kappa shape index (κ2) is 11.4. The molecule has 268 valence electrons. The van der Waals surface area contributed by atoms with Gasteiger partial charge in [-0.1, -0.05) is 53.2 Å². The van der Waals surface area contributed by atoms with Crippen molar-refractivity contribution < 1.29 is 55.1 Å². The Morgan fingerprint density at radius 1 is 0.851 bits per heavy atom. The zero-order chi connectivity index (χ0) is 34.7. The highest BCUT2D eigenvalue weighted by atomic mass is 16.7. The van der Waals surface area contributed by atoms with Gasteiger partial charge in [-0.25, -0.2) is 0 Å². The molecule has 5 fully saturated rings. The largest absolute Gasteiger partial charge is 0.432 e. The maximum Gasteiger partial charge on any atom is 0.315 e. The summed E-state index contributed by atoms with van der Waals surface area (Å²) in [5.74, 6) is -1.09. The van der Waals surface area contributed by atoms with Crippen LogP contribution in [0, 0.1) is 50.2 Å². The molecule has 47 heavy (non-hydrogen) atoms. The fourth-order valence-electron chi connectivity index (χ4n) is 12.3. The summed E-state index contributed by atoms with van der Waals surface area (Å²) in [4.78, 5) is 14.4. The minimum atomic E-state index is -1.68. The molecule has 6 rings (SSSR count). The van der Waals surface area contributed by atoms with Crippen LogP contribution in [0.3, 0.4) is 0 Å². The number of esters is 1. The van der Waals surface area contributed by atoms with Crippen molar-refractivity contribution in [2.45, 2.75) is 142 Å². The molecule has 0 bridgehead atoms. The standard InChI is InChI=1S/C36H58O11/c1-31(2)9-11-36(30(45)47-29-26(43)25(42)24(41)22(16-37)46-29)12-10-34(5)18(19(36)13-31)7-8-23-32(3)14-21(40)28(44)33(4,17-38)27(32)20(39)15-35(23,34)6/h7,19-29,37-44H,8-17H2,1-6H3/t19-,20+,21+,22+,23+,24+,25-,26+,27+,28-,29-,32+,33+,34+,35+,36-/m0/s1. The van der Waals surface area contributed by atoms with E-state index in [0.29, 0.717) is 38.5 Å². The van der Waals surface area contributed by atoms with Crippen molar-refractivity contribution in [2.24, 2.45) is 50.2 Å². The second-order valence-corrected chi connectivity index (χ2v) is 18.0. The topological polar surface area (TPSA) is 197 Å². The Hall–Kier alpha value is -1.15. The third kappa shape index (κ3) is 4.81. The van der Waals surface area contributed by atoms with E-state index in [-0.39, 0.29) is 23.9 Å². The maximum atomic E-state index is 14.4. The van der Waals surface area contributed by atoms with E-state index in [9.17, 15) is 45.6 Å². The SMILES string of the molecule is CC1(C)CC[C@]2(C(=O)O[C@@H]3O[C@H](CO)[C@@H](O)[C@H](O)[C@H]3O)CC[C@]3(C)C(=CC[C@@H]4[C@@]5(C)C[C@@H](O)[C@H](O)[C@](C)(CO)[C@@H]5[C@H](O)C[C@]43C)[C@@H]2C1. The van der Waals surface area contributed by atoms with Crippen LogP contribution in [0.5, 0.6) is 0 Å². The molecule has 0 unspecified atom stereocenters. The Kier molecular flexibility index (Phi) is 8.68. The molecular weight excluding hydrogens is 608 g/mol. The number of aliphatic hydroxyl groups is 8. The summed E-state index contributed by atoms with van der Waals surface area (Å²) in [6.45, 7) is 11.8. The number of aliphatic hydroxyl groups excluding tert-OH is 8. The Labute approximate surface area is 278 Å². The third-order valence-electron chi connectivity index (χ3n) is 15.1. The number of hydrogen-bond donors (Lipinski definition) is 8. The number of carbonyl (C=O) groups is 1. The van der Waals surface area contributed by atoms with E-state index in [2.05, 4.69) is 40.7 Å². The highest BCUT2D eigenvalue weighted by molar-refractivity contribution is 5.79. The molecule has 0 radical (unpaired) electrons. The minimum absolute atomic E-state index is 0.0374. The highest BCUT2D eigenvalue weighted by Gasteiger charge is 2.72. The Bertz CT molecular complexity index is 1270. The van der Waals surface area contributed by atoms with E-state index in [1.54, 1.807) is 6.92 Å². The number of rotatable bonds is 4. The number of ether oxygens (including phenoxy) is 2. The lowest BCUT2D eigenvalue weighted by molar-refractivity contribution is -0.298. The Morgan fingerprint density at radius 3 is 2.15 bits per heavy atom. The fourth-order valence-corrected chi connectivity index (χ4v) is 12.3. The van der Waals surface area contributed by atoms with Crippen molar-refractivity contribution in [1.82, 2.24) is 0 Å². The molecule has 11 heteroatoms. The van der Waals surface area contributed by atoms with Gasteiger partial charge >= 0.3 is 5.97 Å². The molecule has 0 aromatic heterocycles. The first-order valence-electron chi connectivity index (χ1n) is 17.6. The average Bonchev–Trinajstić information content (AvgIpc) is 3.00. The van der Waals surface area contributed by atoms with Crippen LogP contribution >= 0.6 is 0 Å². The van der Waals surface area contributed by atoms with Crippen LogP contribution in [0.15, 0.2) is 11.6 Å². The van der Waals surface area contributed by atoms with E-state index >= 15 is 0 Å². The highest BCUT2D eigenvalue weighted by Crippen LogP contribution is 2.75. The summed E-state index contributed by atoms with van der Waals surface area (Å²) in [5, 5.41) is 85.8. The lowest BCUT2D eigenvalue weighted by Gasteiger charge is -2.72. The monoisotopic (exact) mass is 666 g/mol. The van der Waals surface area contributed by atoms with Gasteiger partial charge in [0, 0.05) is 11.3 Å². The van der Waals surface area contributed by atoms with Gasteiger partial charge in [-0.3, -0.25) is 4.79 Å². The predicted molar refractivity (Wildman–Crippen MR) is 169 cm³/mol. The summed E-state index contributed by atoms with van der Waals surface area (Å²) in [6.07, 6.45) is -3.65. The number of hydrogen-bond acceptors (Lipinski definition) is 11. The molecule has 0 aromatic carbocycles. The van der Waals surface area contributed by atoms with E-state index in [1.165, 1.54) is 5.57 Å². The van der Waals surface area contributed by atoms with Gasteiger partial charge in [0.05, 0.1) is 36.9 Å². The van der Waals surface area contributed by atoms with Crippen molar-refractivity contribution in [3.8, 4) is 0 Å². The van der Waals surface area contributed by atoms with Crippen LogP contribution in [-0.4, -0.2) is 109 Å². The summed E-state index contributed by atoms with van der Waals surface area (Å²) in [7, 11) is 0. The summed E-state index contributed by atoms with van der Waals surface area (Å²) >= 11 is 0. The maximum absolute atomic E-state index is 14.4. The van der Waals surface area contributed by atoms with Crippen molar-refractivity contribution in [3.63, 3.8) is 0 Å². The first-order chi connectivity index (χ1) is 21.8. The molecule has 1 saturated heterocycles. The lowest BCUT2D eigenvalue weighted by Crippen LogP contribution is -2.71. The van der Waals surface area contributed by atoms with Crippen LogP contribution in [0.25, 0.3) is 0 Å². The lowest BCUT2D eigenvalue weighted by atomic mass is 9.33. The molecule has 0 spiro atoms. The van der Waals surface area contributed by atoms with Crippen LogP contribution in [0.2, 0.25) is 0 Å². The second-order valence-electron chi connectivity index (χ2n) is 18.0. The number of allylic oxidation sites excluding steroid dienone is 2. The molecule has 1 aliphatic heterocycles. The van der Waals surface area contributed by atoms with Gasteiger partial charge in [0.15, 0.2) is 0 Å². The zero-order valence-electron chi connectivity index (χ0n) is 28.8. The van der Waals surface area contributed by atoms with E-state index in [0.717, 1.165) is 12.8 Å². The quantitative estimate of drug-likeness (QED) is 0.160. The van der Waals surface area contributed by atoms with E-state index in [4.69, 9.17) is 9.47 Å². The van der Waals surface area contributed by atoms with Crippen LogP contribution in [0.4, 0.5) is 0 Å². The van der Waals surface area contributed by atoms with Gasteiger partial charge in [-0.15, -0.1) is 0 Å². The van der Waals surface area contributed by atoms with Gasteiger partial charge in [-0.05, 0) is 84.9 Å². The van der Waals surface area contributed by atoms with Gasteiger partial charge in [0.25, 0.3) is 0 Å². The van der Waals surface area contributed by atoms with Crippen molar-refractivity contribution in [1.29, 1.82) is 0 Å². The molecule has 11 nitrogen and oxygen atoms in total. The van der Waals surface area contributed by atoms with Gasteiger partial charge in [0.1, 0.15) is 24.4 Å². The molecule has 5 aliphatic carbocycles. The van der Waals surface area contributed by atoms with Crippen molar-refractivity contribution >= 4 is 5.97 Å². The first kappa shape index (κ1) is 35.7. The fraction of sp³-hybridized carbons (Fsp3) is 0.917. The van der Waals surface area contributed by atoms with Crippen LogP contribution in [0.1, 0.15) is 92.9 Å².